The van der Waals surface area contributed by atoms with Gasteiger partial charge in [-0.3, -0.25) is 14.7 Å². The van der Waals surface area contributed by atoms with Crippen molar-refractivity contribution in [2.75, 3.05) is 31.6 Å². The lowest BCUT2D eigenvalue weighted by atomic mass is 10.0. The quantitative estimate of drug-likeness (QED) is 0.685. The summed E-state index contributed by atoms with van der Waals surface area (Å²) in [7, 11) is 1.89. The van der Waals surface area contributed by atoms with Gasteiger partial charge in [0.1, 0.15) is 11.5 Å². The molecule has 4 rings (SSSR count). The first kappa shape index (κ1) is 19.2. The minimum atomic E-state index is -0.777. The smallest absolute Gasteiger partial charge is 0.317 e. The number of hydrogen-bond acceptors (Lipinski definition) is 5. The van der Waals surface area contributed by atoms with Gasteiger partial charge in [-0.1, -0.05) is 18.2 Å². The van der Waals surface area contributed by atoms with Crippen molar-refractivity contribution in [3.8, 4) is 11.5 Å². The molecular formula is C23H25N3O3. The minimum Gasteiger partial charge on any atom is -0.480 e. The largest absolute Gasteiger partial charge is 0.480 e. The van der Waals surface area contributed by atoms with Crippen LogP contribution < -0.4 is 9.64 Å². The maximum Gasteiger partial charge on any atom is 0.317 e. The SMILES string of the molecule is CN(CC(=O)O)C1CCN(c2ccnc3ccc(Oc4ccccc4)cc23)CC1. The van der Waals surface area contributed by atoms with Gasteiger partial charge in [-0.05, 0) is 56.3 Å². The topological polar surface area (TPSA) is 65.9 Å². The van der Waals surface area contributed by atoms with E-state index < -0.39 is 5.97 Å². The molecule has 6 nitrogen and oxygen atoms in total. The maximum atomic E-state index is 11.0. The molecule has 1 N–H and O–H groups in total. The van der Waals surface area contributed by atoms with Crippen LogP contribution in [-0.4, -0.2) is 53.7 Å². The van der Waals surface area contributed by atoms with E-state index in [9.17, 15) is 4.79 Å². The Balaban J connectivity index is 1.53. The standard InChI is InChI=1S/C23H25N3O3/c1-25(16-23(27)28)17-10-13-26(14-11-17)22-9-12-24-21-8-7-19(15-20(21)22)29-18-5-3-2-4-6-18/h2-9,12,15,17H,10-11,13-14,16H2,1H3,(H,27,28). The molecule has 0 amide bonds. The van der Waals surface area contributed by atoms with Crippen molar-refractivity contribution in [3.05, 3.63) is 60.8 Å². The van der Waals surface area contributed by atoms with Gasteiger partial charge in [0, 0.05) is 36.4 Å². The van der Waals surface area contributed by atoms with Gasteiger partial charge in [0.15, 0.2) is 0 Å². The second kappa shape index (κ2) is 8.49. The van der Waals surface area contributed by atoms with Crippen molar-refractivity contribution >= 4 is 22.6 Å². The first-order chi connectivity index (χ1) is 14.1. The third-order valence-electron chi connectivity index (χ3n) is 5.48. The number of aromatic nitrogens is 1. The first-order valence-corrected chi connectivity index (χ1v) is 9.89. The summed E-state index contributed by atoms with van der Waals surface area (Å²) >= 11 is 0. The van der Waals surface area contributed by atoms with Crippen molar-refractivity contribution < 1.29 is 14.6 Å². The molecular weight excluding hydrogens is 366 g/mol. The summed E-state index contributed by atoms with van der Waals surface area (Å²) in [6, 6.07) is 18.1. The highest BCUT2D eigenvalue weighted by molar-refractivity contribution is 5.92. The Labute approximate surface area is 170 Å². The predicted octanol–water partition coefficient (Wildman–Crippen LogP) is 4.01. The maximum absolute atomic E-state index is 11.0. The molecule has 29 heavy (non-hydrogen) atoms. The zero-order valence-corrected chi connectivity index (χ0v) is 16.5. The lowest BCUT2D eigenvalue weighted by Gasteiger charge is -2.37. The van der Waals surface area contributed by atoms with Crippen LogP contribution >= 0.6 is 0 Å². The molecule has 1 fully saturated rings. The highest BCUT2D eigenvalue weighted by atomic mass is 16.5. The number of pyridine rings is 1. The van der Waals surface area contributed by atoms with Gasteiger partial charge in [0.05, 0.1) is 12.1 Å². The number of hydrogen-bond donors (Lipinski definition) is 1. The number of piperidine rings is 1. The second-order valence-electron chi connectivity index (χ2n) is 7.45. The third kappa shape index (κ3) is 4.49. The summed E-state index contributed by atoms with van der Waals surface area (Å²) in [5.74, 6) is 0.814. The van der Waals surface area contributed by atoms with Crippen LogP contribution in [0.1, 0.15) is 12.8 Å². The Morgan fingerprint density at radius 1 is 1.14 bits per heavy atom. The molecule has 6 heteroatoms. The van der Waals surface area contributed by atoms with Crippen molar-refractivity contribution in [1.29, 1.82) is 0 Å². The number of likely N-dealkylation sites (N-methyl/N-ethyl adjacent to an activating group) is 1. The Kier molecular flexibility index (Phi) is 5.62. The zero-order chi connectivity index (χ0) is 20.2. The summed E-state index contributed by atoms with van der Waals surface area (Å²) in [6.07, 6.45) is 3.72. The lowest BCUT2D eigenvalue weighted by Crippen LogP contribution is -2.45. The number of fused-ring (bicyclic) bond motifs is 1. The fourth-order valence-electron chi connectivity index (χ4n) is 3.96. The van der Waals surface area contributed by atoms with Crippen molar-refractivity contribution in [2.45, 2.75) is 18.9 Å². The molecule has 0 radical (unpaired) electrons. The van der Waals surface area contributed by atoms with Crippen LogP contribution in [0.5, 0.6) is 11.5 Å². The van der Waals surface area contributed by atoms with Crippen LogP contribution in [-0.2, 0) is 4.79 Å². The average Bonchev–Trinajstić information content (AvgIpc) is 2.74. The molecule has 0 saturated carbocycles. The van der Waals surface area contributed by atoms with Gasteiger partial charge < -0.3 is 14.7 Å². The van der Waals surface area contributed by atoms with E-state index in [2.05, 4.69) is 16.0 Å². The third-order valence-corrected chi connectivity index (χ3v) is 5.48. The molecule has 0 bridgehead atoms. The zero-order valence-electron chi connectivity index (χ0n) is 16.5. The Bertz CT molecular complexity index is 985. The van der Waals surface area contributed by atoms with Crippen molar-refractivity contribution in [1.82, 2.24) is 9.88 Å². The highest BCUT2D eigenvalue weighted by Crippen LogP contribution is 2.32. The first-order valence-electron chi connectivity index (χ1n) is 9.89. The van der Waals surface area contributed by atoms with E-state index in [0.717, 1.165) is 54.0 Å². The van der Waals surface area contributed by atoms with E-state index in [1.165, 1.54) is 0 Å². The van der Waals surface area contributed by atoms with E-state index in [1.807, 2.05) is 66.7 Å². The number of anilines is 1. The molecule has 0 aliphatic carbocycles. The summed E-state index contributed by atoms with van der Waals surface area (Å²) < 4.78 is 6.01. The second-order valence-corrected chi connectivity index (χ2v) is 7.45. The molecule has 1 saturated heterocycles. The monoisotopic (exact) mass is 391 g/mol. The van der Waals surface area contributed by atoms with Crippen molar-refractivity contribution in [2.24, 2.45) is 0 Å². The van der Waals surface area contributed by atoms with Gasteiger partial charge in [0.2, 0.25) is 0 Å². The van der Waals surface area contributed by atoms with E-state index in [-0.39, 0.29) is 6.54 Å². The molecule has 0 atom stereocenters. The number of carboxylic acids is 1. The van der Waals surface area contributed by atoms with Crippen LogP contribution in [0.3, 0.4) is 0 Å². The normalized spacial score (nSPS) is 15.0. The fraction of sp³-hybridized carbons (Fsp3) is 0.304. The Morgan fingerprint density at radius 2 is 1.90 bits per heavy atom. The van der Waals surface area contributed by atoms with Gasteiger partial charge in [-0.2, -0.15) is 0 Å². The lowest BCUT2D eigenvalue weighted by molar-refractivity contribution is -0.138. The molecule has 0 unspecified atom stereocenters. The molecule has 1 aromatic heterocycles. The molecule has 1 aliphatic heterocycles. The number of para-hydroxylation sites is 1. The molecule has 0 spiro atoms. The Hall–Kier alpha value is -3.12. The molecule has 1 aliphatic rings. The van der Waals surface area contributed by atoms with Gasteiger partial charge in [0.25, 0.3) is 0 Å². The number of carbonyl (C=O) groups is 1. The van der Waals surface area contributed by atoms with E-state index >= 15 is 0 Å². The fourth-order valence-corrected chi connectivity index (χ4v) is 3.96. The average molecular weight is 391 g/mol. The van der Waals surface area contributed by atoms with E-state index in [0.29, 0.717) is 6.04 Å². The van der Waals surface area contributed by atoms with Gasteiger partial charge in [-0.15, -0.1) is 0 Å². The van der Waals surface area contributed by atoms with E-state index in [4.69, 9.17) is 9.84 Å². The van der Waals surface area contributed by atoms with Crippen LogP contribution in [0.15, 0.2) is 60.8 Å². The number of nitrogens with zero attached hydrogens (tertiary/aromatic N) is 3. The minimum absolute atomic E-state index is 0.0863. The summed E-state index contributed by atoms with van der Waals surface area (Å²) in [5.41, 5.74) is 2.08. The number of rotatable bonds is 6. The van der Waals surface area contributed by atoms with Gasteiger partial charge in [-0.25, -0.2) is 0 Å². The number of carboxylic acid groups (broad SMARTS) is 1. The number of benzene rings is 2. The Morgan fingerprint density at radius 3 is 2.62 bits per heavy atom. The molecule has 150 valence electrons. The summed E-state index contributed by atoms with van der Waals surface area (Å²) in [5, 5.41) is 10.1. The summed E-state index contributed by atoms with van der Waals surface area (Å²) in [4.78, 5) is 19.8. The van der Waals surface area contributed by atoms with Crippen LogP contribution in [0.4, 0.5) is 5.69 Å². The summed E-state index contributed by atoms with van der Waals surface area (Å²) in [6.45, 7) is 1.86. The van der Waals surface area contributed by atoms with Crippen molar-refractivity contribution in [3.63, 3.8) is 0 Å². The van der Waals surface area contributed by atoms with E-state index in [1.54, 1.807) is 0 Å². The number of aliphatic carboxylic acids is 1. The van der Waals surface area contributed by atoms with Crippen LogP contribution in [0.2, 0.25) is 0 Å². The molecule has 2 aromatic carbocycles. The van der Waals surface area contributed by atoms with Crippen LogP contribution in [0.25, 0.3) is 10.9 Å². The molecule has 2 heterocycles. The van der Waals surface area contributed by atoms with Gasteiger partial charge >= 0.3 is 5.97 Å². The number of ether oxygens (including phenoxy) is 1. The predicted molar refractivity (Wildman–Crippen MR) is 114 cm³/mol. The van der Waals surface area contributed by atoms with Crippen LogP contribution in [0, 0.1) is 0 Å². The molecule has 3 aromatic rings. The highest BCUT2D eigenvalue weighted by Gasteiger charge is 2.24.